The third kappa shape index (κ3) is 3.76. The van der Waals surface area contributed by atoms with Crippen molar-refractivity contribution in [2.24, 2.45) is 0 Å². The second-order valence-corrected chi connectivity index (χ2v) is 7.89. The summed E-state index contributed by atoms with van der Waals surface area (Å²) in [5.41, 5.74) is 7.09. The highest BCUT2D eigenvalue weighted by molar-refractivity contribution is 5.95. The van der Waals surface area contributed by atoms with Gasteiger partial charge < -0.3 is 10.3 Å². The predicted octanol–water partition coefficient (Wildman–Crippen LogP) is 4.37. The quantitative estimate of drug-likeness (QED) is 0.346. The van der Waals surface area contributed by atoms with Crippen molar-refractivity contribution in [3.05, 3.63) is 67.3 Å². The number of rotatable bonds is 5. The van der Waals surface area contributed by atoms with Gasteiger partial charge in [-0.3, -0.25) is 24.8 Å². The Kier molecular flexibility index (Phi) is 4.95. The Morgan fingerprint density at radius 2 is 1.83 bits per heavy atom. The first-order valence-corrected chi connectivity index (χ1v) is 11.1. The lowest BCUT2D eigenvalue weighted by Crippen LogP contribution is -2.09. The minimum atomic E-state index is -0.0751. The van der Waals surface area contributed by atoms with Crippen molar-refractivity contribution in [3.8, 4) is 34.2 Å². The molecule has 0 aliphatic carbocycles. The van der Waals surface area contributed by atoms with Crippen LogP contribution in [0.1, 0.15) is 13.3 Å². The van der Waals surface area contributed by atoms with Gasteiger partial charge in [0.25, 0.3) is 0 Å². The minimum absolute atomic E-state index is 0.0751. The number of H-pyrrole nitrogens is 2. The first-order chi connectivity index (χ1) is 17.2. The van der Waals surface area contributed by atoms with E-state index in [2.05, 4.69) is 35.5 Å². The first kappa shape index (κ1) is 20.6. The molecule has 170 valence electrons. The number of nitrogens with zero attached hydrogens (tertiary/aromatic N) is 6. The molecule has 0 bridgehead atoms. The van der Waals surface area contributed by atoms with Gasteiger partial charge in [0.15, 0.2) is 11.5 Å². The van der Waals surface area contributed by atoms with Gasteiger partial charge in [0.1, 0.15) is 16.7 Å². The molecule has 0 aromatic carbocycles. The molecule has 1 amide bonds. The second-order valence-electron chi connectivity index (χ2n) is 7.89. The van der Waals surface area contributed by atoms with Gasteiger partial charge in [0, 0.05) is 30.6 Å². The van der Waals surface area contributed by atoms with Gasteiger partial charge in [0.05, 0.1) is 34.3 Å². The summed E-state index contributed by atoms with van der Waals surface area (Å²) in [5.74, 6) is 0.497. The molecule has 3 N–H and O–H groups in total. The third-order valence-electron chi connectivity index (χ3n) is 5.58. The van der Waals surface area contributed by atoms with E-state index in [0.717, 1.165) is 22.3 Å². The van der Waals surface area contributed by atoms with Crippen LogP contribution in [0.5, 0.6) is 0 Å². The number of hydrogen-bond donors (Lipinski definition) is 3. The zero-order valence-corrected chi connectivity index (χ0v) is 18.6. The van der Waals surface area contributed by atoms with E-state index in [1.807, 2.05) is 42.5 Å². The number of aromatic nitrogens is 8. The zero-order chi connectivity index (χ0) is 23.8. The van der Waals surface area contributed by atoms with Crippen LogP contribution in [-0.4, -0.2) is 46.0 Å². The fourth-order valence-electron chi connectivity index (χ4n) is 3.86. The van der Waals surface area contributed by atoms with Crippen LogP contribution in [0.3, 0.4) is 0 Å². The monoisotopic (exact) mass is 461 g/mol. The van der Waals surface area contributed by atoms with Crippen LogP contribution in [0.15, 0.2) is 67.3 Å². The molecule has 6 aromatic rings. The number of carbonyl (C=O) groups is 1. The fraction of sp³-hybridized carbons (Fsp3) is 0.0800. The van der Waals surface area contributed by atoms with Gasteiger partial charge >= 0.3 is 0 Å². The van der Waals surface area contributed by atoms with Gasteiger partial charge in [-0.05, 0) is 36.4 Å². The Morgan fingerprint density at radius 1 is 0.914 bits per heavy atom. The molecule has 0 fully saturated rings. The highest BCUT2D eigenvalue weighted by atomic mass is 16.1. The molecule has 6 rings (SSSR count). The van der Waals surface area contributed by atoms with E-state index in [9.17, 15) is 4.79 Å². The van der Waals surface area contributed by atoms with Gasteiger partial charge in [-0.1, -0.05) is 13.0 Å². The number of amides is 1. The maximum atomic E-state index is 11.8. The van der Waals surface area contributed by atoms with Crippen LogP contribution >= 0.6 is 0 Å². The van der Waals surface area contributed by atoms with Gasteiger partial charge in [0.2, 0.25) is 5.91 Å². The van der Waals surface area contributed by atoms with Crippen molar-refractivity contribution in [2.75, 3.05) is 5.32 Å². The molecule has 10 nitrogen and oxygen atoms in total. The normalized spacial score (nSPS) is 11.2. The topological polar surface area (TPSA) is 138 Å². The second kappa shape index (κ2) is 8.41. The van der Waals surface area contributed by atoms with Crippen LogP contribution in [-0.2, 0) is 4.79 Å². The van der Waals surface area contributed by atoms with Crippen LogP contribution in [0, 0.1) is 0 Å². The molecule has 0 atom stereocenters. The lowest BCUT2D eigenvalue weighted by atomic mass is 10.1. The lowest BCUT2D eigenvalue weighted by molar-refractivity contribution is -0.115. The summed E-state index contributed by atoms with van der Waals surface area (Å²) in [4.78, 5) is 37.9. The third-order valence-corrected chi connectivity index (χ3v) is 5.58. The SMILES string of the molecule is CCC(=O)Nc1cncc(-c2ccc3[nH]nc(-c4nc5c(-c6ccccn6)nccc5[nH]4)c3n2)c1. The van der Waals surface area contributed by atoms with Crippen molar-refractivity contribution < 1.29 is 4.79 Å². The fourth-order valence-corrected chi connectivity index (χ4v) is 3.86. The summed E-state index contributed by atoms with van der Waals surface area (Å²) in [7, 11) is 0. The summed E-state index contributed by atoms with van der Waals surface area (Å²) in [5, 5.41) is 10.3. The van der Waals surface area contributed by atoms with Gasteiger partial charge in [-0.25, -0.2) is 9.97 Å². The standard InChI is InChI=1S/C25H19N9O/c1-2-20(35)29-15-11-14(12-26-13-15)16-6-7-19-23(30-16)24(34-33-19)25-31-18-8-10-28-21(22(18)32-25)17-5-3-4-9-27-17/h3-13H,2H2,1H3,(H,29,35)(H,31,32)(H,33,34). The largest absolute Gasteiger partial charge is 0.336 e. The van der Waals surface area contributed by atoms with E-state index < -0.39 is 0 Å². The number of nitrogens with one attached hydrogen (secondary N) is 3. The molecule has 6 heterocycles. The van der Waals surface area contributed by atoms with Crippen LogP contribution in [0.4, 0.5) is 5.69 Å². The molecule has 35 heavy (non-hydrogen) atoms. The summed E-state index contributed by atoms with van der Waals surface area (Å²) in [6, 6.07) is 13.2. The number of fused-ring (bicyclic) bond motifs is 2. The maximum Gasteiger partial charge on any atom is 0.224 e. The molecular formula is C25H19N9O. The highest BCUT2D eigenvalue weighted by Gasteiger charge is 2.18. The molecule has 0 aliphatic rings. The molecule has 10 heteroatoms. The first-order valence-electron chi connectivity index (χ1n) is 11.1. The number of aromatic amines is 2. The van der Waals surface area contributed by atoms with Crippen LogP contribution in [0.25, 0.3) is 56.2 Å². The predicted molar refractivity (Wildman–Crippen MR) is 132 cm³/mol. The molecule has 0 aliphatic heterocycles. The average molecular weight is 461 g/mol. The van der Waals surface area contributed by atoms with Crippen molar-refractivity contribution in [3.63, 3.8) is 0 Å². The summed E-state index contributed by atoms with van der Waals surface area (Å²) in [6.45, 7) is 1.80. The lowest BCUT2D eigenvalue weighted by Gasteiger charge is -2.06. The van der Waals surface area contributed by atoms with E-state index in [-0.39, 0.29) is 5.91 Å². The smallest absolute Gasteiger partial charge is 0.224 e. The highest BCUT2D eigenvalue weighted by Crippen LogP contribution is 2.30. The van der Waals surface area contributed by atoms with Crippen molar-refractivity contribution in [1.82, 2.24) is 40.1 Å². The average Bonchev–Trinajstić information content (AvgIpc) is 3.53. The molecule has 0 saturated heterocycles. The Labute approximate surface area is 198 Å². The number of imidazole rings is 1. The van der Waals surface area contributed by atoms with Gasteiger partial charge in [-0.15, -0.1) is 0 Å². The van der Waals surface area contributed by atoms with Crippen molar-refractivity contribution >= 4 is 33.7 Å². The van der Waals surface area contributed by atoms with E-state index >= 15 is 0 Å². The van der Waals surface area contributed by atoms with Crippen LogP contribution in [0.2, 0.25) is 0 Å². The summed E-state index contributed by atoms with van der Waals surface area (Å²) in [6.07, 6.45) is 7.17. The van der Waals surface area contributed by atoms with Crippen LogP contribution < -0.4 is 5.32 Å². The maximum absolute atomic E-state index is 11.8. The van der Waals surface area contributed by atoms with Crippen molar-refractivity contribution in [1.29, 1.82) is 0 Å². The number of anilines is 1. The Bertz CT molecular complexity index is 1690. The Morgan fingerprint density at radius 3 is 2.69 bits per heavy atom. The minimum Gasteiger partial charge on any atom is -0.336 e. The summed E-state index contributed by atoms with van der Waals surface area (Å²) >= 11 is 0. The Balaban J connectivity index is 1.43. The number of carbonyl (C=O) groups excluding carboxylic acids is 1. The molecule has 0 radical (unpaired) electrons. The molecule has 0 spiro atoms. The van der Waals surface area contributed by atoms with Crippen molar-refractivity contribution in [2.45, 2.75) is 13.3 Å². The van der Waals surface area contributed by atoms with E-state index in [0.29, 0.717) is 46.0 Å². The molecule has 0 saturated carbocycles. The summed E-state index contributed by atoms with van der Waals surface area (Å²) < 4.78 is 0. The van der Waals surface area contributed by atoms with E-state index in [1.165, 1.54) is 0 Å². The zero-order valence-electron chi connectivity index (χ0n) is 18.6. The van der Waals surface area contributed by atoms with E-state index in [4.69, 9.17) is 9.97 Å². The van der Waals surface area contributed by atoms with E-state index in [1.54, 1.807) is 31.7 Å². The number of pyridine rings is 4. The number of hydrogen-bond acceptors (Lipinski definition) is 7. The molecule has 6 aromatic heterocycles. The van der Waals surface area contributed by atoms with Gasteiger partial charge in [-0.2, -0.15) is 5.10 Å². The molecular weight excluding hydrogens is 442 g/mol. The Hall–Kier alpha value is -4.99. The molecule has 0 unspecified atom stereocenters.